The number of ether oxygens (including phenoxy) is 1. The number of benzene rings is 3. The van der Waals surface area contributed by atoms with Gasteiger partial charge in [0.2, 0.25) is 5.91 Å². The SMILES string of the molecule is CN(Cc1ccccc1)C(=O)c1ccccc1NC(=O)CCC(=O)OCCCc1ccccc1. The highest BCUT2D eigenvalue weighted by Gasteiger charge is 2.17. The number of nitrogens with one attached hydrogen (secondary N) is 1. The van der Waals surface area contributed by atoms with Crippen LogP contribution in [0, 0.1) is 0 Å². The molecule has 0 bridgehead atoms. The number of rotatable bonds is 11. The van der Waals surface area contributed by atoms with E-state index in [1.54, 1.807) is 36.2 Å². The number of anilines is 1. The van der Waals surface area contributed by atoms with E-state index in [1.807, 2.05) is 60.7 Å². The second kappa shape index (κ2) is 12.9. The molecule has 0 unspecified atom stereocenters. The molecule has 0 aromatic heterocycles. The highest BCUT2D eigenvalue weighted by atomic mass is 16.5. The van der Waals surface area contributed by atoms with E-state index in [0.717, 1.165) is 18.4 Å². The standard InChI is InChI=1S/C28H30N2O4/c1-30(21-23-13-6-3-7-14-23)28(33)24-16-8-9-17-25(24)29-26(31)18-19-27(32)34-20-10-15-22-11-4-2-5-12-22/h2-9,11-14,16-17H,10,15,18-21H2,1H3,(H,29,31). The first-order chi connectivity index (χ1) is 16.5. The fraction of sp³-hybridized carbons (Fsp3) is 0.250. The Morgan fingerprint density at radius 3 is 2.12 bits per heavy atom. The number of hydrogen-bond donors (Lipinski definition) is 1. The molecule has 2 amide bonds. The number of aryl methyl sites for hydroxylation is 1. The third-order valence-corrected chi connectivity index (χ3v) is 5.31. The molecule has 0 spiro atoms. The van der Waals surface area contributed by atoms with Gasteiger partial charge in [-0.2, -0.15) is 0 Å². The minimum Gasteiger partial charge on any atom is -0.466 e. The second-order valence-corrected chi connectivity index (χ2v) is 8.05. The van der Waals surface area contributed by atoms with Crippen LogP contribution in [0.2, 0.25) is 0 Å². The molecule has 3 aromatic carbocycles. The van der Waals surface area contributed by atoms with Crippen molar-refractivity contribution in [3.63, 3.8) is 0 Å². The fourth-order valence-corrected chi connectivity index (χ4v) is 3.52. The van der Waals surface area contributed by atoms with Crippen LogP contribution in [0.25, 0.3) is 0 Å². The Kier molecular flexibility index (Phi) is 9.40. The largest absolute Gasteiger partial charge is 0.466 e. The van der Waals surface area contributed by atoms with Gasteiger partial charge in [0.25, 0.3) is 5.91 Å². The second-order valence-electron chi connectivity index (χ2n) is 8.05. The molecule has 6 heteroatoms. The Bertz CT molecular complexity index is 1080. The zero-order chi connectivity index (χ0) is 24.2. The molecule has 0 aliphatic heterocycles. The Morgan fingerprint density at radius 1 is 0.794 bits per heavy atom. The van der Waals surface area contributed by atoms with Crippen molar-refractivity contribution in [3.8, 4) is 0 Å². The molecule has 0 atom stereocenters. The van der Waals surface area contributed by atoms with Crippen LogP contribution in [0.1, 0.15) is 40.7 Å². The normalized spacial score (nSPS) is 10.4. The number of amides is 2. The number of carbonyl (C=O) groups is 3. The third-order valence-electron chi connectivity index (χ3n) is 5.31. The smallest absolute Gasteiger partial charge is 0.306 e. The van der Waals surface area contributed by atoms with E-state index < -0.39 is 5.97 Å². The summed E-state index contributed by atoms with van der Waals surface area (Å²) in [6, 6.07) is 26.6. The highest BCUT2D eigenvalue weighted by molar-refractivity contribution is 6.03. The lowest BCUT2D eigenvalue weighted by molar-refractivity contribution is -0.144. The summed E-state index contributed by atoms with van der Waals surface area (Å²) in [5.41, 5.74) is 3.04. The Labute approximate surface area is 200 Å². The lowest BCUT2D eigenvalue weighted by Gasteiger charge is -2.19. The van der Waals surface area contributed by atoms with Crippen molar-refractivity contribution in [1.82, 2.24) is 4.90 Å². The van der Waals surface area contributed by atoms with Crippen LogP contribution in [-0.2, 0) is 27.3 Å². The first-order valence-electron chi connectivity index (χ1n) is 11.4. The molecule has 6 nitrogen and oxygen atoms in total. The summed E-state index contributed by atoms with van der Waals surface area (Å²) in [4.78, 5) is 39.0. The molecule has 34 heavy (non-hydrogen) atoms. The van der Waals surface area contributed by atoms with Crippen molar-refractivity contribution < 1.29 is 19.1 Å². The van der Waals surface area contributed by atoms with E-state index in [9.17, 15) is 14.4 Å². The van der Waals surface area contributed by atoms with Crippen molar-refractivity contribution in [2.75, 3.05) is 19.0 Å². The van der Waals surface area contributed by atoms with Gasteiger partial charge in [-0.05, 0) is 36.1 Å². The minimum absolute atomic E-state index is 0.0127. The first-order valence-corrected chi connectivity index (χ1v) is 11.4. The molecule has 0 fully saturated rings. The molecule has 0 saturated heterocycles. The summed E-state index contributed by atoms with van der Waals surface area (Å²) in [5, 5.41) is 2.76. The Balaban J connectivity index is 1.44. The van der Waals surface area contributed by atoms with Crippen LogP contribution < -0.4 is 5.32 Å². The number of carbonyl (C=O) groups excluding carboxylic acids is 3. The summed E-state index contributed by atoms with van der Waals surface area (Å²) >= 11 is 0. The van der Waals surface area contributed by atoms with Gasteiger partial charge in [0, 0.05) is 20.0 Å². The van der Waals surface area contributed by atoms with Crippen LogP contribution in [0.15, 0.2) is 84.9 Å². The van der Waals surface area contributed by atoms with Gasteiger partial charge in [0.15, 0.2) is 0 Å². The summed E-state index contributed by atoms with van der Waals surface area (Å²) < 4.78 is 5.23. The van der Waals surface area contributed by atoms with Gasteiger partial charge in [-0.1, -0.05) is 72.8 Å². The predicted octanol–water partition coefficient (Wildman–Crippen LogP) is 4.85. The van der Waals surface area contributed by atoms with Gasteiger partial charge in [-0.15, -0.1) is 0 Å². The minimum atomic E-state index is -0.407. The average Bonchev–Trinajstić information content (AvgIpc) is 2.86. The van der Waals surface area contributed by atoms with Crippen molar-refractivity contribution in [3.05, 3.63) is 102 Å². The van der Waals surface area contributed by atoms with Crippen LogP contribution in [0.4, 0.5) is 5.69 Å². The van der Waals surface area contributed by atoms with E-state index in [0.29, 0.717) is 24.4 Å². The van der Waals surface area contributed by atoms with Crippen LogP contribution in [0.5, 0.6) is 0 Å². The van der Waals surface area contributed by atoms with Crippen molar-refractivity contribution in [2.24, 2.45) is 0 Å². The number of nitrogens with zero attached hydrogens (tertiary/aromatic N) is 1. The highest BCUT2D eigenvalue weighted by Crippen LogP contribution is 2.18. The van der Waals surface area contributed by atoms with Gasteiger partial charge < -0.3 is 15.0 Å². The monoisotopic (exact) mass is 458 g/mol. The van der Waals surface area contributed by atoms with Crippen LogP contribution >= 0.6 is 0 Å². The van der Waals surface area contributed by atoms with E-state index in [4.69, 9.17) is 4.74 Å². The van der Waals surface area contributed by atoms with Crippen LogP contribution in [-0.4, -0.2) is 36.3 Å². The Hall–Kier alpha value is -3.93. The maximum Gasteiger partial charge on any atom is 0.306 e. The predicted molar refractivity (Wildman–Crippen MR) is 132 cm³/mol. The quantitative estimate of drug-likeness (QED) is 0.329. The first kappa shape index (κ1) is 24.7. The maximum atomic E-state index is 13.0. The number of hydrogen-bond acceptors (Lipinski definition) is 4. The van der Waals surface area contributed by atoms with E-state index in [1.165, 1.54) is 5.56 Å². The summed E-state index contributed by atoms with van der Waals surface area (Å²) in [7, 11) is 1.72. The summed E-state index contributed by atoms with van der Waals surface area (Å²) in [6.45, 7) is 0.776. The molecule has 3 aromatic rings. The van der Waals surface area contributed by atoms with Crippen molar-refractivity contribution in [1.29, 1.82) is 0 Å². The maximum absolute atomic E-state index is 13.0. The third kappa shape index (κ3) is 7.89. The molecule has 176 valence electrons. The summed E-state index contributed by atoms with van der Waals surface area (Å²) in [5.74, 6) is -0.944. The number of para-hydroxylation sites is 1. The molecular weight excluding hydrogens is 428 g/mol. The zero-order valence-electron chi connectivity index (χ0n) is 19.4. The van der Waals surface area contributed by atoms with E-state index >= 15 is 0 Å². The molecule has 0 aliphatic carbocycles. The van der Waals surface area contributed by atoms with Gasteiger partial charge >= 0.3 is 5.97 Å². The van der Waals surface area contributed by atoms with E-state index in [2.05, 4.69) is 5.32 Å². The lowest BCUT2D eigenvalue weighted by Crippen LogP contribution is -2.27. The van der Waals surface area contributed by atoms with Crippen molar-refractivity contribution >= 4 is 23.5 Å². The molecule has 1 N–H and O–H groups in total. The van der Waals surface area contributed by atoms with Gasteiger partial charge in [0.05, 0.1) is 24.3 Å². The molecule has 0 radical (unpaired) electrons. The van der Waals surface area contributed by atoms with Gasteiger partial charge in [-0.3, -0.25) is 14.4 Å². The summed E-state index contributed by atoms with van der Waals surface area (Å²) in [6.07, 6.45) is 1.53. The fourth-order valence-electron chi connectivity index (χ4n) is 3.52. The average molecular weight is 459 g/mol. The van der Waals surface area contributed by atoms with Gasteiger partial charge in [-0.25, -0.2) is 0 Å². The number of esters is 1. The van der Waals surface area contributed by atoms with Gasteiger partial charge in [0.1, 0.15) is 0 Å². The zero-order valence-corrected chi connectivity index (χ0v) is 19.4. The molecule has 3 rings (SSSR count). The topological polar surface area (TPSA) is 75.7 Å². The lowest BCUT2D eigenvalue weighted by atomic mass is 10.1. The molecular formula is C28H30N2O4. The Morgan fingerprint density at radius 2 is 1.41 bits per heavy atom. The van der Waals surface area contributed by atoms with Crippen molar-refractivity contribution in [2.45, 2.75) is 32.2 Å². The van der Waals surface area contributed by atoms with E-state index in [-0.39, 0.29) is 24.7 Å². The van der Waals surface area contributed by atoms with Crippen LogP contribution in [0.3, 0.4) is 0 Å². The molecule has 0 saturated carbocycles. The molecule has 0 heterocycles. The molecule has 0 aliphatic rings.